The molecule has 0 aliphatic carbocycles. The Bertz CT molecular complexity index is 470. The van der Waals surface area contributed by atoms with Gasteiger partial charge in [-0.3, -0.25) is 4.90 Å². The highest BCUT2D eigenvalue weighted by atomic mass is 28.3. The van der Waals surface area contributed by atoms with E-state index in [0.29, 0.717) is 6.04 Å². The van der Waals surface area contributed by atoms with E-state index < -0.39 is 13.7 Å². The largest absolute Gasteiger partial charge is 0.444 e. The molecule has 124 valence electrons. The van der Waals surface area contributed by atoms with Crippen LogP contribution in [0.2, 0.25) is 19.6 Å². The highest BCUT2D eigenvalue weighted by Gasteiger charge is 2.41. The summed E-state index contributed by atoms with van der Waals surface area (Å²) in [7, 11) is -1.22. The lowest BCUT2D eigenvalue weighted by Gasteiger charge is -2.51. The number of rotatable bonds is 2. The number of carbonyl (C=O) groups excluding carboxylic acids is 1. The van der Waals surface area contributed by atoms with Gasteiger partial charge in [0.25, 0.3) is 0 Å². The number of hydrogen-bond acceptors (Lipinski definition) is 3. The predicted molar refractivity (Wildman–Crippen MR) is 92.4 cm³/mol. The third-order valence-corrected chi connectivity index (χ3v) is 4.80. The quantitative estimate of drug-likeness (QED) is 0.579. The highest BCUT2D eigenvalue weighted by molar-refractivity contribution is 6.83. The molecule has 22 heavy (non-hydrogen) atoms. The summed E-state index contributed by atoms with van der Waals surface area (Å²) >= 11 is 0. The van der Waals surface area contributed by atoms with Gasteiger partial charge in [0.1, 0.15) is 13.7 Å². The van der Waals surface area contributed by atoms with Crippen molar-refractivity contribution < 1.29 is 9.53 Å². The Morgan fingerprint density at radius 2 is 1.77 bits per heavy atom. The zero-order chi connectivity index (χ0) is 16.5. The van der Waals surface area contributed by atoms with Crippen LogP contribution in [-0.4, -0.2) is 61.8 Å². The normalized spacial score (nSPS) is 20.7. The van der Waals surface area contributed by atoms with Crippen molar-refractivity contribution in [1.29, 1.82) is 0 Å². The third kappa shape index (κ3) is 5.03. The van der Waals surface area contributed by atoms with Crippen LogP contribution in [0.3, 0.4) is 0 Å². The zero-order valence-electron chi connectivity index (χ0n) is 14.9. The molecule has 2 aliphatic heterocycles. The van der Waals surface area contributed by atoms with Crippen molar-refractivity contribution in [1.82, 2.24) is 9.80 Å². The molecule has 2 aliphatic rings. The molecule has 0 bridgehead atoms. The van der Waals surface area contributed by atoms with Gasteiger partial charge >= 0.3 is 6.09 Å². The Labute approximate surface area is 136 Å². The van der Waals surface area contributed by atoms with Crippen molar-refractivity contribution in [3.63, 3.8) is 0 Å². The molecule has 2 heterocycles. The van der Waals surface area contributed by atoms with Crippen LogP contribution in [0.5, 0.6) is 0 Å². The van der Waals surface area contributed by atoms with Gasteiger partial charge in [-0.1, -0.05) is 19.6 Å². The van der Waals surface area contributed by atoms with Gasteiger partial charge in [-0.15, -0.1) is 11.5 Å². The topological polar surface area (TPSA) is 32.8 Å². The van der Waals surface area contributed by atoms with Crippen LogP contribution in [0.25, 0.3) is 0 Å². The Morgan fingerprint density at radius 3 is 2.27 bits per heavy atom. The maximum absolute atomic E-state index is 11.9. The minimum absolute atomic E-state index is 0.179. The summed E-state index contributed by atoms with van der Waals surface area (Å²) in [5.74, 6) is 4.10. The fourth-order valence-corrected chi connectivity index (χ4v) is 3.29. The second-order valence-electron chi connectivity index (χ2n) is 8.61. The summed E-state index contributed by atoms with van der Waals surface area (Å²) in [4.78, 5) is 16.2. The van der Waals surface area contributed by atoms with E-state index in [4.69, 9.17) is 4.74 Å². The van der Waals surface area contributed by atoms with Gasteiger partial charge in [0.05, 0.1) is 0 Å². The Morgan fingerprint density at radius 1 is 1.18 bits per heavy atom. The van der Waals surface area contributed by atoms with Crippen molar-refractivity contribution in [2.24, 2.45) is 5.92 Å². The molecule has 0 radical (unpaired) electrons. The lowest BCUT2D eigenvalue weighted by Crippen LogP contribution is -2.66. The van der Waals surface area contributed by atoms with E-state index in [-0.39, 0.29) is 6.09 Å². The molecule has 0 aromatic heterocycles. The molecular weight excluding hydrogens is 292 g/mol. The molecule has 5 heteroatoms. The van der Waals surface area contributed by atoms with Crippen LogP contribution in [0.1, 0.15) is 27.2 Å². The van der Waals surface area contributed by atoms with Crippen LogP contribution < -0.4 is 0 Å². The lowest BCUT2D eigenvalue weighted by atomic mass is 9.92. The second-order valence-corrected chi connectivity index (χ2v) is 13.4. The Balaban J connectivity index is 1.63. The number of carbonyl (C=O) groups is 1. The molecule has 0 N–H and O–H groups in total. The Hall–Kier alpha value is -0.993. The smallest absolute Gasteiger partial charge is 0.410 e. The van der Waals surface area contributed by atoms with Crippen LogP contribution >= 0.6 is 0 Å². The number of nitrogens with zero attached hydrogens (tertiary/aromatic N) is 2. The minimum atomic E-state index is -1.22. The van der Waals surface area contributed by atoms with E-state index in [9.17, 15) is 4.79 Å². The maximum atomic E-state index is 11.9. The summed E-state index contributed by atoms with van der Waals surface area (Å²) in [5, 5.41) is 0. The monoisotopic (exact) mass is 322 g/mol. The van der Waals surface area contributed by atoms with Crippen LogP contribution in [0.4, 0.5) is 4.79 Å². The van der Waals surface area contributed by atoms with Crippen molar-refractivity contribution in [2.75, 3.05) is 26.2 Å². The molecule has 0 aromatic carbocycles. The van der Waals surface area contributed by atoms with Crippen molar-refractivity contribution >= 4 is 14.2 Å². The Kier molecular flexibility index (Phi) is 4.93. The number of ether oxygens (including phenoxy) is 1. The zero-order valence-corrected chi connectivity index (χ0v) is 15.9. The fraction of sp³-hybridized carbons (Fsp3) is 0.824. The average Bonchev–Trinajstić information content (AvgIpc) is 2.17. The summed E-state index contributed by atoms with van der Waals surface area (Å²) < 4.78 is 5.38. The van der Waals surface area contributed by atoms with Gasteiger partial charge in [0.15, 0.2) is 0 Å². The standard InChI is InChI=1S/C17H30N2O2Si/c1-17(2,3)21-16(20)19-12-15(13-19)18-10-14(11-18)8-7-9-22(4,5)6/h14-15H,8,10-13H2,1-6H3. The van der Waals surface area contributed by atoms with Gasteiger partial charge in [-0.25, -0.2) is 4.79 Å². The van der Waals surface area contributed by atoms with Gasteiger partial charge in [0.2, 0.25) is 0 Å². The highest BCUT2D eigenvalue weighted by Crippen LogP contribution is 2.27. The van der Waals surface area contributed by atoms with Crippen LogP contribution in [-0.2, 0) is 4.74 Å². The molecule has 0 spiro atoms. The molecule has 4 nitrogen and oxygen atoms in total. The summed E-state index contributed by atoms with van der Waals surface area (Å²) in [6.45, 7) is 16.5. The van der Waals surface area contributed by atoms with Gasteiger partial charge in [0, 0.05) is 38.6 Å². The van der Waals surface area contributed by atoms with Crippen molar-refractivity contribution in [3.05, 3.63) is 0 Å². The lowest BCUT2D eigenvalue weighted by molar-refractivity contribution is -0.0438. The first-order valence-electron chi connectivity index (χ1n) is 8.25. The molecule has 2 saturated heterocycles. The van der Waals surface area contributed by atoms with Crippen molar-refractivity contribution in [2.45, 2.75) is 58.5 Å². The average molecular weight is 323 g/mol. The van der Waals surface area contributed by atoms with E-state index in [1.165, 1.54) is 0 Å². The second kappa shape index (κ2) is 6.25. The van der Waals surface area contributed by atoms with Crippen molar-refractivity contribution in [3.8, 4) is 11.5 Å². The van der Waals surface area contributed by atoms with Gasteiger partial charge < -0.3 is 9.64 Å². The van der Waals surface area contributed by atoms with E-state index in [1.807, 2.05) is 20.8 Å². The molecule has 1 amide bonds. The predicted octanol–water partition coefficient (Wildman–Crippen LogP) is 2.81. The van der Waals surface area contributed by atoms with E-state index in [0.717, 1.165) is 38.5 Å². The fourth-order valence-electron chi connectivity index (χ4n) is 2.66. The molecule has 2 fully saturated rings. The first kappa shape index (κ1) is 17.4. The summed E-state index contributed by atoms with van der Waals surface area (Å²) in [6.07, 6.45) is 0.852. The molecule has 0 unspecified atom stereocenters. The first-order valence-corrected chi connectivity index (χ1v) is 11.8. The molecule has 0 saturated carbocycles. The van der Waals surface area contributed by atoms with Gasteiger partial charge in [-0.2, -0.15) is 0 Å². The third-order valence-electron chi connectivity index (χ3n) is 3.87. The SMILES string of the molecule is CC(C)(C)OC(=O)N1CC(N2CC(CC#C[Si](C)(C)C)C2)C1. The molecule has 2 rings (SSSR count). The number of likely N-dealkylation sites (tertiary alicyclic amines) is 2. The van der Waals surface area contributed by atoms with E-state index >= 15 is 0 Å². The number of amides is 1. The van der Waals surface area contributed by atoms with E-state index in [2.05, 4.69) is 36.0 Å². The molecular formula is C17H30N2O2Si. The van der Waals surface area contributed by atoms with Crippen LogP contribution in [0, 0.1) is 17.4 Å². The van der Waals surface area contributed by atoms with Gasteiger partial charge in [-0.05, 0) is 26.7 Å². The summed E-state index contributed by atoms with van der Waals surface area (Å²) in [6, 6.07) is 0.522. The first-order chi connectivity index (χ1) is 10.0. The molecule has 0 atom stereocenters. The molecule has 0 aromatic rings. The summed E-state index contributed by atoms with van der Waals surface area (Å²) in [5.41, 5.74) is 3.03. The maximum Gasteiger partial charge on any atom is 0.410 e. The van der Waals surface area contributed by atoms with E-state index in [1.54, 1.807) is 4.90 Å². The minimum Gasteiger partial charge on any atom is -0.444 e. The van der Waals surface area contributed by atoms with Crippen LogP contribution in [0.15, 0.2) is 0 Å². The number of hydrogen-bond donors (Lipinski definition) is 0.